The van der Waals surface area contributed by atoms with Crippen LogP contribution in [0.25, 0.3) is 11.0 Å². The molecule has 0 aliphatic heterocycles. The van der Waals surface area contributed by atoms with Crippen LogP contribution in [0.5, 0.6) is 11.5 Å². The quantitative estimate of drug-likeness (QED) is 0.114. The second kappa shape index (κ2) is 14.0. The molecule has 6 N–H and O–H groups in total. The molecule has 1 amide bonds. The molecule has 0 saturated heterocycles. The molecular weight excluding hydrogens is 601 g/mol. The van der Waals surface area contributed by atoms with Crippen LogP contribution in [-0.2, 0) is 22.6 Å². The number of carbonyl (C=O) groups is 1. The summed E-state index contributed by atoms with van der Waals surface area (Å²) in [4.78, 5) is 22.1. The molecule has 0 fully saturated rings. The van der Waals surface area contributed by atoms with Crippen molar-refractivity contribution in [3.05, 3.63) is 96.3 Å². The number of nitrogens with zero attached hydrogens (tertiary/aromatic N) is 3. The third-order valence-electron chi connectivity index (χ3n) is 6.59. The lowest BCUT2D eigenvalue weighted by atomic mass is 10.2. The lowest BCUT2D eigenvalue weighted by molar-refractivity contribution is -0.114. The smallest absolute Gasteiger partial charge is 0.268 e. The van der Waals surface area contributed by atoms with Gasteiger partial charge in [-0.05, 0) is 48.0 Å². The largest absolute Gasteiger partial charge is 0.497 e. The number of nitrogens with two attached hydrogens (primary N) is 1. The normalized spacial score (nSPS) is 11.5. The summed E-state index contributed by atoms with van der Waals surface area (Å²) in [5, 5.41) is 8.65. The molecule has 0 bridgehead atoms. The number of hydrogen-bond acceptors (Lipinski definition) is 9. The molecule has 4 aromatic carbocycles. The molecule has 1 atom stereocenters. The maximum Gasteiger partial charge on any atom is 0.268 e. The first-order valence-electron chi connectivity index (χ1n) is 13.6. The van der Waals surface area contributed by atoms with Crippen LogP contribution in [-0.4, -0.2) is 45.4 Å². The van der Waals surface area contributed by atoms with Crippen LogP contribution in [0.2, 0.25) is 0 Å². The Labute approximate surface area is 260 Å². The fraction of sp³-hybridized carbons (Fsp3) is 0.129. The fourth-order valence-electron chi connectivity index (χ4n) is 4.44. The summed E-state index contributed by atoms with van der Waals surface area (Å²) in [5.74, 6) is 0.254. The molecule has 0 aliphatic rings. The maximum atomic E-state index is 14.3. The zero-order valence-corrected chi connectivity index (χ0v) is 25.1. The van der Waals surface area contributed by atoms with Gasteiger partial charge in [-0.1, -0.05) is 24.3 Å². The number of benzene rings is 4. The monoisotopic (exact) mass is 631 g/mol. The van der Waals surface area contributed by atoms with E-state index >= 15 is 0 Å². The highest BCUT2D eigenvalue weighted by atomic mass is 32.2. The Morgan fingerprint density at radius 1 is 0.933 bits per heavy atom. The highest BCUT2D eigenvalue weighted by Crippen LogP contribution is 2.36. The van der Waals surface area contributed by atoms with Crippen molar-refractivity contribution >= 4 is 62.6 Å². The second-order valence-electron chi connectivity index (χ2n) is 9.61. The minimum atomic E-state index is -2.62. The molecule has 45 heavy (non-hydrogen) atoms. The Bertz CT molecular complexity index is 1850. The number of halogens is 1. The number of amides is 1. The zero-order valence-electron chi connectivity index (χ0n) is 24.3. The molecule has 1 unspecified atom stereocenters. The summed E-state index contributed by atoms with van der Waals surface area (Å²) in [6, 6.07) is 23.0. The van der Waals surface area contributed by atoms with E-state index in [1.54, 1.807) is 60.7 Å². The van der Waals surface area contributed by atoms with Crippen molar-refractivity contribution in [1.82, 2.24) is 9.97 Å². The van der Waals surface area contributed by atoms with Gasteiger partial charge < -0.3 is 31.2 Å². The SMILES string of the molecule is COc1cc(Nc2nc3ccccc3nc2N(c2cccc(NC(=O)CNc3ccc(CN)cc3F)c2)S(=O)O)cc(OC)c1. The number of para-hydroxylation sites is 2. The average Bonchev–Trinajstić information content (AvgIpc) is 3.04. The molecule has 0 spiro atoms. The third-order valence-corrected chi connectivity index (χ3v) is 7.28. The molecule has 0 radical (unpaired) electrons. The van der Waals surface area contributed by atoms with Crippen molar-refractivity contribution in [3.63, 3.8) is 0 Å². The Balaban J connectivity index is 1.45. The van der Waals surface area contributed by atoms with Gasteiger partial charge in [0.1, 0.15) is 17.3 Å². The number of carbonyl (C=O) groups excluding carboxylic acids is 1. The molecule has 0 saturated carbocycles. The van der Waals surface area contributed by atoms with Gasteiger partial charge in [-0.2, -0.15) is 0 Å². The van der Waals surface area contributed by atoms with E-state index in [4.69, 9.17) is 20.2 Å². The predicted molar refractivity (Wildman–Crippen MR) is 173 cm³/mol. The maximum absolute atomic E-state index is 14.3. The summed E-state index contributed by atoms with van der Waals surface area (Å²) >= 11 is -2.62. The van der Waals surface area contributed by atoms with Crippen molar-refractivity contribution in [2.75, 3.05) is 41.0 Å². The minimum absolute atomic E-state index is 0.0397. The summed E-state index contributed by atoms with van der Waals surface area (Å²) in [5.41, 5.74) is 8.45. The number of rotatable bonds is 12. The first-order valence-corrected chi connectivity index (χ1v) is 14.6. The van der Waals surface area contributed by atoms with E-state index in [2.05, 4.69) is 20.9 Å². The molecule has 5 rings (SSSR count). The fourth-order valence-corrected chi connectivity index (χ4v) is 5.01. The van der Waals surface area contributed by atoms with Gasteiger partial charge in [-0.3, -0.25) is 9.35 Å². The van der Waals surface area contributed by atoms with E-state index in [-0.39, 0.29) is 36.1 Å². The Morgan fingerprint density at radius 3 is 2.29 bits per heavy atom. The van der Waals surface area contributed by atoms with Crippen LogP contribution >= 0.6 is 0 Å². The molecule has 1 heterocycles. The average molecular weight is 632 g/mol. The van der Waals surface area contributed by atoms with E-state index < -0.39 is 23.0 Å². The van der Waals surface area contributed by atoms with Crippen LogP contribution in [0, 0.1) is 5.82 Å². The third kappa shape index (κ3) is 7.44. The zero-order chi connectivity index (χ0) is 31.9. The van der Waals surface area contributed by atoms with Crippen LogP contribution in [0.4, 0.5) is 38.8 Å². The van der Waals surface area contributed by atoms with E-state index in [1.807, 2.05) is 6.07 Å². The van der Waals surface area contributed by atoms with Gasteiger partial charge in [-0.15, -0.1) is 0 Å². The summed E-state index contributed by atoms with van der Waals surface area (Å²) < 4.78 is 49.5. The Hall–Kier alpha value is -5.31. The van der Waals surface area contributed by atoms with E-state index in [0.29, 0.717) is 39.5 Å². The Kier molecular flexibility index (Phi) is 9.67. The standard InChI is InChI=1S/C31H30FN7O5S/c1-43-23-14-21(15-24(16-23)44-2)36-30-31(38-28-9-4-3-8-27(28)37-30)39(45(41)42)22-7-5-6-20(13-22)35-29(40)18-34-26-11-10-19(17-33)12-25(26)32/h3-16,34H,17-18,33H2,1-2H3,(H,35,40)(H,36,37)(H,41,42). The van der Waals surface area contributed by atoms with Gasteiger partial charge in [0.25, 0.3) is 11.3 Å². The lowest BCUT2D eigenvalue weighted by Gasteiger charge is -2.23. The topological polar surface area (TPSA) is 164 Å². The van der Waals surface area contributed by atoms with Gasteiger partial charge in [0.15, 0.2) is 11.6 Å². The summed E-state index contributed by atoms with van der Waals surface area (Å²) in [7, 11) is 3.05. The Morgan fingerprint density at radius 2 is 1.64 bits per heavy atom. The van der Waals surface area contributed by atoms with Gasteiger partial charge >= 0.3 is 0 Å². The summed E-state index contributed by atoms with van der Waals surface area (Å²) in [6.45, 7) is -0.0330. The van der Waals surface area contributed by atoms with Crippen molar-refractivity contribution in [2.24, 2.45) is 5.73 Å². The van der Waals surface area contributed by atoms with Crippen LogP contribution in [0.3, 0.4) is 0 Å². The molecule has 5 aromatic rings. The van der Waals surface area contributed by atoms with E-state index in [0.717, 1.165) is 4.31 Å². The molecule has 14 heteroatoms. The number of nitrogens with one attached hydrogen (secondary N) is 3. The van der Waals surface area contributed by atoms with Crippen molar-refractivity contribution in [2.45, 2.75) is 6.54 Å². The molecule has 232 valence electrons. The number of methoxy groups -OCH3 is 2. The minimum Gasteiger partial charge on any atom is -0.497 e. The molecule has 0 aliphatic carbocycles. The molecule has 1 aromatic heterocycles. The highest BCUT2D eigenvalue weighted by Gasteiger charge is 2.24. The number of aromatic nitrogens is 2. The molecule has 12 nitrogen and oxygen atoms in total. The van der Waals surface area contributed by atoms with Gasteiger partial charge in [0, 0.05) is 36.1 Å². The van der Waals surface area contributed by atoms with E-state index in [9.17, 15) is 17.9 Å². The van der Waals surface area contributed by atoms with Crippen molar-refractivity contribution in [1.29, 1.82) is 0 Å². The lowest BCUT2D eigenvalue weighted by Crippen LogP contribution is -2.24. The number of hydrogen-bond donors (Lipinski definition) is 5. The van der Waals surface area contributed by atoms with Gasteiger partial charge in [0.2, 0.25) is 5.91 Å². The highest BCUT2D eigenvalue weighted by molar-refractivity contribution is 7.81. The number of anilines is 6. The van der Waals surface area contributed by atoms with Crippen LogP contribution in [0.15, 0.2) is 84.9 Å². The van der Waals surface area contributed by atoms with Crippen molar-refractivity contribution < 1.29 is 27.4 Å². The number of ether oxygens (including phenoxy) is 2. The first-order chi connectivity index (χ1) is 21.8. The predicted octanol–water partition coefficient (Wildman–Crippen LogP) is 5.31. The summed E-state index contributed by atoms with van der Waals surface area (Å²) in [6.07, 6.45) is 0. The van der Waals surface area contributed by atoms with Gasteiger partial charge in [-0.25, -0.2) is 22.9 Å². The van der Waals surface area contributed by atoms with Gasteiger partial charge in [0.05, 0.1) is 43.2 Å². The van der Waals surface area contributed by atoms with Crippen LogP contribution in [0.1, 0.15) is 5.56 Å². The van der Waals surface area contributed by atoms with E-state index in [1.165, 1.54) is 32.4 Å². The second-order valence-corrected chi connectivity index (χ2v) is 10.4. The van der Waals surface area contributed by atoms with Crippen molar-refractivity contribution in [3.8, 4) is 11.5 Å². The first kappa shape index (κ1) is 31.1. The van der Waals surface area contributed by atoms with Crippen LogP contribution < -0.4 is 35.5 Å². The number of fused-ring (bicyclic) bond motifs is 1. The molecular formula is C31H30FN7O5S.